The minimum absolute atomic E-state index is 0.0318. The molecular formula is C26H23F4NO3. The van der Waals surface area contributed by atoms with Gasteiger partial charge in [-0.3, -0.25) is 4.79 Å². The molecule has 0 fully saturated rings. The second-order valence-electron chi connectivity index (χ2n) is 8.27. The molecule has 4 rings (SSSR count). The quantitative estimate of drug-likeness (QED) is 0.392. The fourth-order valence-electron chi connectivity index (χ4n) is 4.35. The van der Waals surface area contributed by atoms with E-state index in [9.17, 15) is 27.5 Å². The number of benzene rings is 3. The summed E-state index contributed by atoms with van der Waals surface area (Å²) in [6.45, 7) is -0.0318. The van der Waals surface area contributed by atoms with Crippen LogP contribution in [0.3, 0.4) is 0 Å². The lowest BCUT2D eigenvalue weighted by Gasteiger charge is -2.21. The van der Waals surface area contributed by atoms with Gasteiger partial charge in [-0.1, -0.05) is 36.4 Å². The minimum Gasteiger partial charge on any atom is -0.469 e. The van der Waals surface area contributed by atoms with Gasteiger partial charge in [-0.15, -0.1) is 0 Å². The van der Waals surface area contributed by atoms with Gasteiger partial charge in [-0.25, -0.2) is 4.39 Å². The van der Waals surface area contributed by atoms with Gasteiger partial charge < -0.3 is 15.2 Å². The SMILES string of the molecule is COC(=O)Cc1ccc(F)c(-c2ccc(C(F)(F)F)cc2CN[C@H]2c3ccccc3C[C@H]2O)c1. The van der Waals surface area contributed by atoms with Crippen molar-refractivity contribution in [2.24, 2.45) is 0 Å². The van der Waals surface area contributed by atoms with Gasteiger partial charge in [-0.05, 0) is 52.1 Å². The Morgan fingerprint density at radius 3 is 2.59 bits per heavy atom. The van der Waals surface area contributed by atoms with Crippen molar-refractivity contribution in [1.82, 2.24) is 5.32 Å². The van der Waals surface area contributed by atoms with E-state index in [2.05, 4.69) is 10.1 Å². The number of nitrogens with one attached hydrogen (secondary N) is 1. The number of carbonyl (C=O) groups is 1. The van der Waals surface area contributed by atoms with Crippen molar-refractivity contribution in [3.8, 4) is 11.1 Å². The molecule has 4 nitrogen and oxygen atoms in total. The first-order valence-electron chi connectivity index (χ1n) is 10.7. The fourth-order valence-corrected chi connectivity index (χ4v) is 4.35. The fraction of sp³-hybridized carbons (Fsp3) is 0.269. The summed E-state index contributed by atoms with van der Waals surface area (Å²) >= 11 is 0. The monoisotopic (exact) mass is 473 g/mol. The third-order valence-electron chi connectivity index (χ3n) is 6.05. The Kier molecular flexibility index (Phi) is 6.72. The van der Waals surface area contributed by atoms with Gasteiger partial charge in [0.1, 0.15) is 5.82 Å². The highest BCUT2D eigenvalue weighted by Gasteiger charge is 2.33. The number of aliphatic hydroxyl groups excluding tert-OH is 1. The van der Waals surface area contributed by atoms with Crippen molar-refractivity contribution in [2.45, 2.75) is 37.7 Å². The maximum Gasteiger partial charge on any atom is 0.416 e. The van der Waals surface area contributed by atoms with Crippen molar-refractivity contribution < 1.29 is 32.2 Å². The number of fused-ring (bicyclic) bond motifs is 1. The zero-order valence-corrected chi connectivity index (χ0v) is 18.3. The molecule has 0 aromatic heterocycles. The summed E-state index contributed by atoms with van der Waals surface area (Å²) < 4.78 is 59.8. The van der Waals surface area contributed by atoms with Crippen LogP contribution in [0.1, 0.15) is 33.9 Å². The second-order valence-corrected chi connectivity index (χ2v) is 8.27. The highest BCUT2D eigenvalue weighted by atomic mass is 19.4. The van der Waals surface area contributed by atoms with Crippen LogP contribution in [0.5, 0.6) is 0 Å². The number of halogens is 4. The molecule has 3 aromatic carbocycles. The predicted molar refractivity (Wildman–Crippen MR) is 118 cm³/mol. The molecule has 1 aliphatic rings. The van der Waals surface area contributed by atoms with E-state index in [1.165, 1.54) is 31.4 Å². The molecule has 34 heavy (non-hydrogen) atoms. The molecule has 1 aliphatic carbocycles. The molecule has 0 bridgehead atoms. The Labute approximate surface area is 194 Å². The number of ether oxygens (including phenoxy) is 1. The zero-order chi connectivity index (χ0) is 24.5. The Morgan fingerprint density at radius 2 is 1.85 bits per heavy atom. The molecule has 8 heteroatoms. The van der Waals surface area contributed by atoms with E-state index in [0.717, 1.165) is 23.3 Å². The molecular weight excluding hydrogens is 450 g/mol. The molecule has 178 valence electrons. The number of aliphatic hydroxyl groups is 1. The lowest BCUT2D eigenvalue weighted by atomic mass is 9.94. The van der Waals surface area contributed by atoms with Gasteiger partial charge in [0.25, 0.3) is 0 Å². The number of hydrogen-bond acceptors (Lipinski definition) is 4. The number of alkyl halides is 3. The van der Waals surface area contributed by atoms with Gasteiger partial charge >= 0.3 is 12.1 Å². The summed E-state index contributed by atoms with van der Waals surface area (Å²) in [5, 5.41) is 13.7. The zero-order valence-electron chi connectivity index (χ0n) is 18.3. The normalized spacial score (nSPS) is 17.5. The standard InChI is InChI=1S/C26H23F4NO3/c1-34-24(33)11-15-6-9-22(27)21(10-15)19-8-7-18(26(28,29)30)12-17(19)14-31-25-20-5-3-2-4-16(20)13-23(25)32/h2-10,12,23,25,31-32H,11,13-14H2,1H3/t23-,25+/m1/s1. The Balaban J connectivity index is 1.71. The van der Waals surface area contributed by atoms with Crippen molar-refractivity contribution in [3.63, 3.8) is 0 Å². The lowest BCUT2D eigenvalue weighted by Crippen LogP contribution is -2.28. The average molecular weight is 473 g/mol. The largest absolute Gasteiger partial charge is 0.469 e. The molecule has 0 saturated carbocycles. The van der Waals surface area contributed by atoms with Crippen molar-refractivity contribution >= 4 is 5.97 Å². The number of methoxy groups -OCH3 is 1. The van der Waals surface area contributed by atoms with Gasteiger partial charge in [0.05, 0.1) is 31.2 Å². The first-order valence-corrected chi connectivity index (χ1v) is 10.7. The molecule has 0 spiro atoms. The van der Waals surface area contributed by atoms with E-state index in [0.29, 0.717) is 12.0 Å². The van der Waals surface area contributed by atoms with Gasteiger partial charge in [0, 0.05) is 18.5 Å². The Bertz CT molecular complexity index is 1210. The number of rotatable bonds is 6. The molecule has 3 aromatic rings. The lowest BCUT2D eigenvalue weighted by molar-refractivity contribution is -0.140. The van der Waals surface area contributed by atoms with Crippen LogP contribution in [-0.4, -0.2) is 24.3 Å². The van der Waals surface area contributed by atoms with E-state index in [1.54, 1.807) is 0 Å². The van der Waals surface area contributed by atoms with Crippen LogP contribution in [0.4, 0.5) is 17.6 Å². The number of esters is 1. The molecule has 2 N–H and O–H groups in total. The van der Waals surface area contributed by atoms with Crippen LogP contribution < -0.4 is 5.32 Å². The van der Waals surface area contributed by atoms with Gasteiger partial charge in [0.2, 0.25) is 0 Å². The summed E-state index contributed by atoms with van der Waals surface area (Å²) in [4.78, 5) is 11.6. The first-order chi connectivity index (χ1) is 16.2. The summed E-state index contributed by atoms with van der Waals surface area (Å²) in [7, 11) is 1.24. The summed E-state index contributed by atoms with van der Waals surface area (Å²) in [5.41, 5.74) is 2.05. The molecule has 0 amide bonds. The van der Waals surface area contributed by atoms with Crippen LogP contribution in [0.2, 0.25) is 0 Å². The van der Waals surface area contributed by atoms with Crippen LogP contribution >= 0.6 is 0 Å². The molecule has 0 aliphatic heterocycles. The average Bonchev–Trinajstić information content (AvgIpc) is 3.13. The van der Waals surface area contributed by atoms with Crippen molar-refractivity contribution in [1.29, 1.82) is 0 Å². The van der Waals surface area contributed by atoms with Gasteiger partial charge in [-0.2, -0.15) is 13.2 Å². The molecule has 0 radical (unpaired) electrons. The molecule has 0 heterocycles. The summed E-state index contributed by atoms with van der Waals surface area (Å²) in [6.07, 6.45) is -4.96. The van der Waals surface area contributed by atoms with Gasteiger partial charge in [0.15, 0.2) is 0 Å². The third kappa shape index (κ3) is 4.98. The van der Waals surface area contributed by atoms with E-state index in [1.807, 2.05) is 24.3 Å². The number of hydrogen-bond donors (Lipinski definition) is 2. The minimum atomic E-state index is -4.57. The number of carbonyl (C=O) groups excluding carboxylic acids is 1. The summed E-state index contributed by atoms with van der Waals surface area (Å²) in [5.74, 6) is -1.14. The summed E-state index contributed by atoms with van der Waals surface area (Å²) in [6, 6.07) is 14.2. The predicted octanol–water partition coefficient (Wildman–Crippen LogP) is 4.97. The molecule has 0 unspecified atom stereocenters. The Hall–Kier alpha value is -3.23. The van der Waals surface area contributed by atoms with Crippen LogP contribution in [0.25, 0.3) is 11.1 Å². The Morgan fingerprint density at radius 1 is 1.09 bits per heavy atom. The third-order valence-corrected chi connectivity index (χ3v) is 6.05. The van der Waals surface area contributed by atoms with Crippen LogP contribution in [-0.2, 0) is 35.1 Å². The highest BCUT2D eigenvalue weighted by Crippen LogP contribution is 2.36. The van der Waals surface area contributed by atoms with Crippen molar-refractivity contribution in [2.75, 3.05) is 7.11 Å². The molecule has 0 saturated heterocycles. The van der Waals surface area contributed by atoms with E-state index >= 15 is 0 Å². The first kappa shape index (κ1) is 23.9. The molecule has 2 atom stereocenters. The maximum absolute atomic E-state index is 14.8. The topological polar surface area (TPSA) is 58.6 Å². The van der Waals surface area contributed by atoms with Crippen LogP contribution in [0, 0.1) is 5.82 Å². The van der Waals surface area contributed by atoms with E-state index < -0.39 is 35.7 Å². The van der Waals surface area contributed by atoms with E-state index in [-0.39, 0.29) is 29.7 Å². The van der Waals surface area contributed by atoms with E-state index in [4.69, 9.17) is 0 Å². The highest BCUT2D eigenvalue weighted by molar-refractivity contribution is 5.75. The smallest absolute Gasteiger partial charge is 0.416 e. The van der Waals surface area contributed by atoms with Crippen molar-refractivity contribution in [3.05, 3.63) is 94.3 Å². The second kappa shape index (κ2) is 9.56. The maximum atomic E-state index is 14.8. The van der Waals surface area contributed by atoms with Crippen LogP contribution in [0.15, 0.2) is 60.7 Å².